The third kappa shape index (κ3) is 8.07. The minimum Gasteiger partial charge on any atom is -0.417 e. The fraction of sp³-hybridized carbons (Fsp3) is 0.894. The SMILES string of the molecule is C=C1C[C@@H]2CC[C@@]34CC5O[C@H]6[C@@H](O3)[C@H]3O[C@H](CC[C@@H]3O[C@H]6[C@H]5O4)CC(=O)C[C@@H]3[C@@H](C)[C@@H](C[C@H](C)CO[Si](C)(C)C(C)(C)C)O[C@H]3CC3O[C@@H](CCC1O2)C[C@@H](C)C3=C. The van der Waals surface area contributed by atoms with E-state index in [9.17, 15) is 4.79 Å². The van der Waals surface area contributed by atoms with Crippen LogP contribution in [0.3, 0.4) is 0 Å². The van der Waals surface area contributed by atoms with E-state index in [-0.39, 0.29) is 108 Å². The van der Waals surface area contributed by atoms with Crippen LogP contribution in [0.4, 0.5) is 0 Å². The number of carbonyl (C=O) groups is 1. The van der Waals surface area contributed by atoms with Gasteiger partial charge in [-0.25, -0.2) is 0 Å². The third-order valence-corrected chi connectivity index (χ3v) is 21.1. The van der Waals surface area contributed by atoms with Gasteiger partial charge in [0.2, 0.25) is 0 Å². The van der Waals surface area contributed by atoms with E-state index in [0.717, 1.165) is 76.4 Å². The van der Waals surface area contributed by atoms with E-state index in [1.54, 1.807) is 0 Å². The van der Waals surface area contributed by atoms with E-state index in [0.29, 0.717) is 31.1 Å². The maximum atomic E-state index is 14.3. The lowest BCUT2D eigenvalue weighted by Gasteiger charge is -2.47. The van der Waals surface area contributed by atoms with Crippen molar-refractivity contribution in [2.24, 2.45) is 23.7 Å². The van der Waals surface area contributed by atoms with Crippen molar-refractivity contribution < 1.29 is 47.1 Å². The van der Waals surface area contributed by atoms with Crippen molar-refractivity contribution in [1.29, 1.82) is 0 Å². The van der Waals surface area contributed by atoms with Crippen LogP contribution >= 0.6 is 0 Å². The van der Waals surface area contributed by atoms with Gasteiger partial charge in [0.15, 0.2) is 14.1 Å². The maximum absolute atomic E-state index is 14.3. The molecule has 19 atom stereocenters. The minimum atomic E-state index is -1.88. The molecule has 3 unspecified atom stereocenters. The van der Waals surface area contributed by atoms with E-state index < -0.39 is 14.1 Å². The van der Waals surface area contributed by atoms with Gasteiger partial charge in [-0.3, -0.25) is 4.79 Å². The lowest BCUT2D eigenvalue weighted by atomic mass is 9.78. The van der Waals surface area contributed by atoms with Crippen molar-refractivity contribution in [3.8, 4) is 0 Å². The molecule has 0 aliphatic carbocycles. The van der Waals surface area contributed by atoms with Gasteiger partial charge in [0.05, 0.1) is 54.9 Å². The van der Waals surface area contributed by atoms with Crippen molar-refractivity contribution in [3.05, 3.63) is 24.3 Å². The number of ketones is 1. The molecule has 0 radical (unpaired) electrons. The zero-order chi connectivity index (χ0) is 40.9. The summed E-state index contributed by atoms with van der Waals surface area (Å²) in [6.07, 6.45) is 8.52. The van der Waals surface area contributed by atoms with Crippen LogP contribution in [-0.4, -0.2) is 112 Å². The lowest BCUT2D eigenvalue weighted by Crippen LogP contribution is -2.61. The van der Waals surface area contributed by atoms with Crippen molar-refractivity contribution in [2.75, 3.05) is 6.61 Å². The van der Waals surface area contributed by atoms with Gasteiger partial charge in [-0.15, -0.1) is 0 Å². The predicted molar refractivity (Wildman–Crippen MR) is 222 cm³/mol. The standard InChI is InChI=1S/C47H74O10Si/c1-25(24-49-58(9,10)46(6,7)8)17-37-29(5)34-21-30(48)20-32-12-14-36-41(52-32)45-44-43(54-36)42-40(55-44)23-47(56-42,57-45)16-15-33-19-27(3)35(50-33)13-11-31-18-26(2)28(4)38(51-31)22-39(34)53-37/h25-26,29,31-45H,3-4,11-24H2,1-2,5-10H3/t25-,26+,29+,31-,32+,33-,34+,35?,36-,37+,38?,39-,40?,41-,42-,43-,44+,45-,47-/m0/s1. The normalized spacial score (nSPS) is 48.8. The molecule has 0 aromatic heterocycles. The first-order valence-electron chi connectivity index (χ1n) is 23.3. The summed E-state index contributed by atoms with van der Waals surface area (Å²) in [7, 11) is -1.88. The molecule has 0 N–H and O–H groups in total. The average molecular weight is 827 g/mol. The summed E-state index contributed by atoms with van der Waals surface area (Å²) in [6, 6.07) is 0. The van der Waals surface area contributed by atoms with Crippen LogP contribution in [0.2, 0.25) is 18.1 Å². The smallest absolute Gasteiger partial charge is 0.191 e. The van der Waals surface area contributed by atoms with Crippen LogP contribution in [0, 0.1) is 23.7 Å². The van der Waals surface area contributed by atoms with E-state index in [4.69, 9.17) is 42.3 Å². The molecule has 12 bridgehead atoms. The first-order valence-corrected chi connectivity index (χ1v) is 26.2. The monoisotopic (exact) mass is 827 g/mol. The number of fused-ring (bicyclic) bond motifs is 6. The molecule has 0 amide bonds. The van der Waals surface area contributed by atoms with Crippen molar-refractivity contribution in [3.63, 3.8) is 0 Å². The Bertz CT molecular complexity index is 1560. The van der Waals surface area contributed by atoms with Crippen LogP contribution in [0.5, 0.6) is 0 Å². The van der Waals surface area contributed by atoms with E-state index in [1.807, 2.05) is 0 Å². The second-order valence-electron chi connectivity index (χ2n) is 21.9. The number of hydrogen-bond donors (Lipinski definition) is 0. The molecule has 326 valence electrons. The highest BCUT2D eigenvalue weighted by atomic mass is 28.4. The molecule has 0 aromatic rings. The Balaban J connectivity index is 0.953. The van der Waals surface area contributed by atoms with Gasteiger partial charge >= 0.3 is 0 Å². The van der Waals surface area contributed by atoms with Gasteiger partial charge in [-0.2, -0.15) is 0 Å². The first-order chi connectivity index (χ1) is 27.5. The van der Waals surface area contributed by atoms with Crippen LogP contribution in [-0.2, 0) is 47.1 Å². The highest BCUT2D eigenvalue weighted by Crippen LogP contribution is 2.54. The van der Waals surface area contributed by atoms with Crippen LogP contribution in [0.25, 0.3) is 0 Å². The zero-order valence-electron chi connectivity index (χ0n) is 36.8. The molecule has 10 fully saturated rings. The summed E-state index contributed by atoms with van der Waals surface area (Å²) < 4.78 is 61.6. The Kier molecular flexibility index (Phi) is 11.7. The Morgan fingerprint density at radius 2 is 1.47 bits per heavy atom. The van der Waals surface area contributed by atoms with Gasteiger partial charge in [-0.05, 0) is 104 Å². The molecule has 10 aliphatic heterocycles. The second-order valence-corrected chi connectivity index (χ2v) is 26.7. The first kappa shape index (κ1) is 42.3. The second kappa shape index (κ2) is 16.0. The Morgan fingerprint density at radius 1 is 0.759 bits per heavy atom. The van der Waals surface area contributed by atoms with E-state index in [1.165, 1.54) is 5.57 Å². The summed E-state index contributed by atoms with van der Waals surface area (Å²) in [4.78, 5) is 14.3. The summed E-state index contributed by atoms with van der Waals surface area (Å²) >= 11 is 0. The van der Waals surface area contributed by atoms with E-state index in [2.05, 4.69) is 67.8 Å². The average Bonchev–Trinajstić information content (AvgIpc) is 3.82. The molecule has 10 saturated heterocycles. The molecular formula is C47H74O10Si. The summed E-state index contributed by atoms with van der Waals surface area (Å²) in [5.41, 5.74) is 2.32. The maximum Gasteiger partial charge on any atom is 0.191 e. The zero-order valence-corrected chi connectivity index (χ0v) is 37.8. The fourth-order valence-corrected chi connectivity index (χ4v) is 13.1. The quantitative estimate of drug-likeness (QED) is 0.199. The van der Waals surface area contributed by atoms with Gasteiger partial charge < -0.3 is 42.3 Å². The van der Waals surface area contributed by atoms with E-state index >= 15 is 0 Å². The highest BCUT2D eigenvalue weighted by molar-refractivity contribution is 6.74. The molecule has 58 heavy (non-hydrogen) atoms. The van der Waals surface area contributed by atoms with Crippen molar-refractivity contribution in [2.45, 2.75) is 234 Å². The van der Waals surface area contributed by atoms with Gasteiger partial charge in [0.25, 0.3) is 0 Å². The molecule has 11 heteroatoms. The molecule has 10 nitrogen and oxygen atoms in total. The lowest BCUT2D eigenvalue weighted by molar-refractivity contribution is -0.292. The van der Waals surface area contributed by atoms with Crippen LogP contribution in [0.1, 0.15) is 125 Å². The third-order valence-electron chi connectivity index (χ3n) is 16.6. The molecule has 10 rings (SSSR count). The number of rotatable bonds is 5. The largest absolute Gasteiger partial charge is 0.417 e. The molecular weight excluding hydrogens is 753 g/mol. The highest BCUT2D eigenvalue weighted by Gasteiger charge is 2.68. The number of carbonyl (C=O) groups excluding carboxylic acids is 1. The van der Waals surface area contributed by atoms with Crippen molar-refractivity contribution >= 4 is 14.1 Å². The number of ether oxygens (including phenoxy) is 8. The van der Waals surface area contributed by atoms with Gasteiger partial charge in [0, 0.05) is 38.7 Å². The minimum absolute atomic E-state index is 0.0185. The van der Waals surface area contributed by atoms with Crippen LogP contribution < -0.4 is 0 Å². The summed E-state index contributed by atoms with van der Waals surface area (Å²) in [5, 5.41) is 0.162. The van der Waals surface area contributed by atoms with Crippen LogP contribution in [0.15, 0.2) is 24.3 Å². The number of hydrogen-bond acceptors (Lipinski definition) is 10. The number of Topliss-reactive ketones (excluding diaryl/α,β-unsaturated/α-hetero) is 1. The predicted octanol–water partition coefficient (Wildman–Crippen LogP) is 8.40. The molecule has 10 aliphatic rings. The Labute approximate surface area is 349 Å². The molecule has 0 aromatic carbocycles. The van der Waals surface area contributed by atoms with Crippen molar-refractivity contribution in [1.82, 2.24) is 0 Å². The molecule has 10 heterocycles. The van der Waals surface area contributed by atoms with Gasteiger partial charge in [-0.1, -0.05) is 54.7 Å². The van der Waals surface area contributed by atoms with Gasteiger partial charge in [0.1, 0.15) is 36.3 Å². The Hall–Kier alpha value is -0.993. The topological polar surface area (TPSA) is 100 Å². The molecule has 1 spiro atoms. The molecule has 0 saturated carbocycles. The fourth-order valence-electron chi connectivity index (χ4n) is 11.9. The summed E-state index contributed by atoms with van der Waals surface area (Å²) in [5.74, 6) is 0.467. The summed E-state index contributed by atoms with van der Waals surface area (Å²) in [6.45, 7) is 28.2. The Morgan fingerprint density at radius 3 is 2.26 bits per heavy atom.